The number of carbonyl (C=O) groups is 1. The first-order valence-corrected chi connectivity index (χ1v) is 11.5. The van der Waals surface area contributed by atoms with E-state index >= 15 is 0 Å². The van der Waals surface area contributed by atoms with E-state index in [1.54, 1.807) is 24.3 Å². The van der Waals surface area contributed by atoms with Crippen molar-refractivity contribution in [1.29, 1.82) is 0 Å². The highest BCUT2D eigenvalue weighted by atomic mass is 32.2. The minimum atomic E-state index is -4.54. The molecule has 0 N–H and O–H groups in total. The SMILES string of the molecule is CC(=O)c1ccc(N(CCC2=CCCCC2)S(=O)(=O)c2ccc(C(F)(F)F)cc2)cc1. The van der Waals surface area contributed by atoms with Crippen LogP contribution in [0.4, 0.5) is 18.9 Å². The molecule has 0 bridgehead atoms. The highest BCUT2D eigenvalue weighted by molar-refractivity contribution is 7.92. The van der Waals surface area contributed by atoms with Gasteiger partial charge in [0.2, 0.25) is 0 Å². The van der Waals surface area contributed by atoms with Crippen molar-refractivity contribution in [1.82, 2.24) is 0 Å². The van der Waals surface area contributed by atoms with E-state index in [1.807, 2.05) is 0 Å². The summed E-state index contributed by atoms with van der Waals surface area (Å²) in [5.74, 6) is -0.143. The molecule has 0 unspecified atom stereocenters. The average molecular weight is 452 g/mol. The zero-order valence-electron chi connectivity index (χ0n) is 17.2. The third-order valence-corrected chi connectivity index (χ3v) is 7.19. The van der Waals surface area contributed by atoms with Gasteiger partial charge < -0.3 is 0 Å². The summed E-state index contributed by atoms with van der Waals surface area (Å²) in [7, 11) is -4.10. The number of carbonyl (C=O) groups excluding carboxylic acids is 1. The monoisotopic (exact) mass is 451 g/mol. The largest absolute Gasteiger partial charge is 0.416 e. The summed E-state index contributed by atoms with van der Waals surface area (Å²) in [6.07, 6.45) is 2.18. The average Bonchev–Trinajstić information content (AvgIpc) is 2.74. The number of benzene rings is 2. The van der Waals surface area contributed by atoms with Gasteiger partial charge in [0.15, 0.2) is 5.78 Å². The maximum Gasteiger partial charge on any atom is 0.416 e. The molecular formula is C23H24F3NO3S. The van der Waals surface area contributed by atoms with Crippen molar-refractivity contribution in [2.75, 3.05) is 10.8 Å². The minimum Gasteiger partial charge on any atom is -0.295 e. The summed E-state index contributed by atoms with van der Waals surface area (Å²) < 4.78 is 66.5. The van der Waals surface area contributed by atoms with E-state index in [9.17, 15) is 26.4 Å². The van der Waals surface area contributed by atoms with Gasteiger partial charge >= 0.3 is 6.18 Å². The molecule has 166 valence electrons. The zero-order chi connectivity index (χ0) is 22.6. The summed E-state index contributed by atoms with van der Waals surface area (Å²) in [5.41, 5.74) is 1.09. The molecule has 0 radical (unpaired) electrons. The lowest BCUT2D eigenvalue weighted by Gasteiger charge is -2.26. The first kappa shape index (κ1) is 23.1. The normalized spacial score (nSPS) is 14.8. The Hall–Kier alpha value is -2.61. The standard InChI is InChI=1S/C23H24F3NO3S/c1-17(28)19-7-11-21(12-8-19)27(16-15-18-5-3-2-4-6-18)31(29,30)22-13-9-20(10-14-22)23(24,25)26/h5,7-14H,2-4,6,15-16H2,1H3. The number of anilines is 1. The van der Waals surface area contributed by atoms with Crippen LogP contribution in [-0.2, 0) is 16.2 Å². The Labute approximate surface area is 180 Å². The fourth-order valence-electron chi connectivity index (χ4n) is 3.57. The minimum absolute atomic E-state index is 0.143. The molecule has 1 aliphatic carbocycles. The van der Waals surface area contributed by atoms with Gasteiger partial charge in [0.1, 0.15) is 0 Å². The van der Waals surface area contributed by atoms with Gasteiger partial charge in [-0.15, -0.1) is 0 Å². The van der Waals surface area contributed by atoms with Crippen LogP contribution in [0.3, 0.4) is 0 Å². The van der Waals surface area contributed by atoms with Crippen LogP contribution in [-0.4, -0.2) is 20.7 Å². The second-order valence-electron chi connectivity index (χ2n) is 7.56. The van der Waals surface area contributed by atoms with Gasteiger partial charge in [-0.3, -0.25) is 9.10 Å². The maximum absolute atomic E-state index is 13.3. The predicted octanol–water partition coefficient (Wildman–Crippen LogP) is 5.99. The van der Waals surface area contributed by atoms with Crippen molar-refractivity contribution in [3.63, 3.8) is 0 Å². The number of ketones is 1. The molecule has 31 heavy (non-hydrogen) atoms. The number of hydrogen-bond donors (Lipinski definition) is 0. The van der Waals surface area contributed by atoms with Gasteiger partial charge in [0.25, 0.3) is 10.0 Å². The summed E-state index contributed by atoms with van der Waals surface area (Å²) >= 11 is 0. The number of halogens is 3. The Morgan fingerprint density at radius 1 is 1.00 bits per heavy atom. The summed E-state index contributed by atoms with van der Waals surface area (Å²) in [6.45, 7) is 1.58. The molecule has 2 aromatic rings. The van der Waals surface area contributed by atoms with E-state index in [0.29, 0.717) is 17.7 Å². The Bertz CT molecular complexity index is 1060. The van der Waals surface area contributed by atoms with E-state index in [-0.39, 0.29) is 17.2 Å². The van der Waals surface area contributed by atoms with E-state index < -0.39 is 21.8 Å². The van der Waals surface area contributed by atoms with Gasteiger partial charge in [-0.1, -0.05) is 11.6 Å². The summed E-state index contributed by atoms with van der Waals surface area (Å²) in [4.78, 5) is 11.3. The maximum atomic E-state index is 13.3. The van der Waals surface area contributed by atoms with Crippen LogP contribution in [0.25, 0.3) is 0 Å². The molecule has 4 nitrogen and oxygen atoms in total. The van der Waals surface area contributed by atoms with Crippen LogP contribution in [0.15, 0.2) is 65.1 Å². The number of Topliss-reactive ketones (excluding diaryl/α,β-unsaturated/α-hetero) is 1. The third kappa shape index (κ3) is 5.55. The molecule has 0 saturated heterocycles. The van der Waals surface area contributed by atoms with E-state index in [2.05, 4.69) is 6.08 Å². The second-order valence-corrected chi connectivity index (χ2v) is 9.42. The molecule has 2 aromatic carbocycles. The summed E-state index contributed by atoms with van der Waals surface area (Å²) in [6, 6.07) is 9.70. The zero-order valence-corrected chi connectivity index (χ0v) is 18.0. The molecule has 0 fully saturated rings. The first-order valence-electron chi connectivity index (χ1n) is 10.1. The van der Waals surface area contributed by atoms with Crippen LogP contribution in [0.1, 0.15) is 54.9 Å². The molecular weight excluding hydrogens is 427 g/mol. The summed E-state index contributed by atoms with van der Waals surface area (Å²) in [5, 5.41) is 0. The van der Waals surface area contributed by atoms with Gasteiger partial charge in [0, 0.05) is 12.1 Å². The smallest absolute Gasteiger partial charge is 0.295 e. The second kappa shape index (κ2) is 9.26. The van der Waals surface area contributed by atoms with E-state index in [4.69, 9.17) is 0 Å². The molecule has 0 spiro atoms. The number of rotatable bonds is 7. The van der Waals surface area contributed by atoms with E-state index in [1.165, 1.54) is 16.8 Å². The van der Waals surface area contributed by atoms with Crippen molar-refractivity contribution in [2.45, 2.75) is 50.1 Å². The molecule has 0 amide bonds. The Morgan fingerprint density at radius 3 is 2.16 bits per heavy atom. The first-order chi connectivity index (χ1) is 14.6. The van der Waals surface area contributed by atoms with Crippen molar-refractivity contribution in [3.8, 4) is 0 Å². The fraction of sp³-hybridized carbons (Fsp3) is 0.348. The molecule has 0 heterocycles. The molecule has 0 atom stereocenters. The van der Waals surface area contributed by atoms with E-state index in [0.717, 1.165) is 49.9 Å². The fourth-order valence-corrected chi connectivity index (χ4v) is 5.04. The Morgan fingerprint density at radius 2 is 1.65 bits per heavy atom. The number of nitrogens with zero attached hydrogens (tertiary/aromatic N) is 1. The van der Waals surface area contributed by atoms with Crippen LogP contribution in [0.5, 0.6) is 0 Å². The number of alkyl halides is 3. The van der Waals surface area contributed by atoms with Crippen LogP contribution in [0.2, 0.25) is 0 Å². The Balaban J connectivity index is 1.95. The quantitative estimate of drug-likeness (QED) is 0.384. The van der Waals surface area contributed by atoms with Gasteiger partial charge in [-0.25, -0.2) is 8.42 Å². The lowest BCUT2D eigenvalue weighted by Crippen LogP contribution is -2.32. The van der Waals surface area contributed by atoms with Gasteiger partial charge in [-0.2, -0.15) is 13.2 Å². The predicted molar refractivity (Wildman–Crippen MR) is 114 cm³/mol. The van der Waals surface area contributed by atoms with Crippen molar-refractivity contribution >= 4 is 21.5 Å². The molecule has 3 rings (SSSR count). The topological polar surface area (TPSA) is 54.5 Å². The molecule has 1 aliphatic rings. The van der Waals surface area contributed by atoms with Crippen LogP contribution < -0.4 is 4.31 Å². The third-order valence-electron chi connectivity index (χ3n) is 5.35. The number of allylic oxidation sites excluding steroid dienone is 1. The number of hydrogen-bond acceptors (Lipinski definition) is 3. The highest BCUT2D eigenvalue weighted by Crippen LogP contribution is 2.32. The van der Waals surface area contributed by atoms with Gasteiger partial charge in [-0.05, 0) is 87.6 Å². The van der Waals surface area contributed by atoms with Crippen LogP contribution >= 0.6 is 0 Å². The van der Waals surface area contributed by atoms with Crippen molar-refractivity contribution in [3.05, 3.63) is 71.3 Å². The molecule has 0 aliphatic heterocycles. The molecule has 0 saturated carbocycles. The highest BCUT2D eigenvalue weighted by Gasteiger charge is 2.32. The molecule has 0 aromatic heterocycles. The van der Waals surface area contributed by atoms with Crippen LogP contribution in [0, 0.1) is 0 Å². The van der Waals surface area contributed by atoms with Gasteiger partial charge in [0.05, 0.1) is 16.1 Å². The number of sulfonamides is 1. The molecule has 8 heteroatoms. The van der Waals surface area contributed by atoms with Crippen molar-refractivity contribution < 1.29 is 26.4 Å². The Kier molecular flexibility index (Phi) is 6.89. The lowest BCUT2D eigenvalue weighted by molar-refractivity contribution is -0.137. The van der Waals surface area contributed by atoms with Crippen molar-refractivity contribution in [2.24, 2.45) is 0 Å². The lowest BCUT2D eigenvalue weighted by atomic mass is 9.97.